The summed E-state index contributed by atoms with van der Waals surface area (Å²) in [4.78, 5) is 23.2. The van der Waals surface area contributed by atoms with E-state index in [4.69, 9.17) is 4.74 Å². The van der Waals surface area contributed by atoms with Crippen molar-refractivity contribution in [2.45, 2.75) is 39.3 Å². The lowest BCUT2D eigenvalue weighted by Gasteiger charge is -2.23. The number of carbonyl (C=O) groups is 1. The Balaban J connectivity index is 2.87. The first-order valence-corrected chi connectivity index (χ1v) is 5.21. The Hall–Kier alpha value is -1.58. The highest BCUT2D eigenvalue weighted by molar-refractivity contribution is 5.74. The molecule has 0 aliphatic heterocycles. The molecule has 0 N–H and O–H groups in total. The molecule has 1 heterocycles. The predicted molar refractivity (Wildman–Crippen MR) is 61.3 cm³/mol. The van der Waals surface area contributed by atoms with Crippen LogP contribution in [0, 0.1) is 0 Å². The topological polar surface area (TPSA) is 48.3 Å². The fourth-order valence-corrected chi connectivity index (χ4v) is 1.26. The van der Waals surface area contributed by atoms with E-state index < -0.39 is 17.6 Å². The lowest BCUT2D eigenvalue weighted by Crippen LogP contribution is -2.33. The van der Waals surface area contributed by atoms with Crippen molar-refractivity contribution >= 4 is 5.97 Å². The van der Waals surface area contributed by atoms with Gasteiger partial charge in [-0.05, 0) is 33.8 Å². The van der Waals surface area contributed by atoms with Crippen LogP contribution < -0.4 is 5.56 Å². The van der Waals surface area contributed by atoms with E-state index >= 15 is 0 Å². The molecule has 0 fully saturated rings. The van der Waals surface area contributed by atoms with E-state index in [-0.39, 0.29) is 5.56 Å². The summed E-state index contributed by atoms with van der Waals surface area (Å²) >= 11 is 0. The van der Waals surface area contributed by atoms with Crippen LogP contribution in [0.5, 0.6) is 0 Å². The molecule has 0 aliphatic rings. The van der Waals surface area contributed by atoms with Crippen molar-refractivity contribution in [1.29, 1.82) is 0 Å². The molecule has 0 spiro atoms. The van der Waals surface area contributed by atoms with Gasteiger partial charge in [-0.3, -0.25) is 4.79 Å². The van der Waals surface area contributed by atoms with Gasteiger partial charge in [0.1, 0.15) is 11.6 Å². The minimum atomic E-state index is -0.604. The molecular weight excluding hydrogens is 206 g/mol. The zero-order valence-electron chi connectivity index (χ0n) is 10.1. The number of carbonyl (C=O) groups excluding carboxylic acids is 1. The van der Waals surface area contributed by atoms with Gasteiger partial charge in [0.15, 0.2) is 0 Å². The summed E-state index contributed by atoms with van der Waals surface area (Å²) in [6.45, 7) is 7.04. The monoisotopic (exact) mass is 223 g/mol. The number of aromatic nitrogens is 1. The summed E-state index contributed by atoms with van der Waals surface area (Å²) in [6.07, 6.45) is 1.58. The Bertz CT molecular complexity index is 428. The molecule has 4 heteroatoms. The fraction of sp³-hybridized carbons (Fsp3) is 0.500. The van der Waals surface area contributed by atoms with Crippen molar-refractivity contribution < 1.29 is 9.53 Å². The molecule has 4 nitrogen and oxygen atoms in total. The van der Waals surface area contributed by atoms with Gasteiger partial charge >= 0.3 is 5.97 Å². The zero-order valence-corrected chi connectivity index (χ0v) is 10.1. The third kappa shape index (κ3) is 3.22. The second kappa shape index (κ2) is 4.51. The van der Waals surface area contributed by atoms with Gasteiger partial charge in [0, 0.05) is 12.3 Å². The standard InChI is InChI=1S/C12H17NO3/c1-9(11(15)16-12(2,3)4)13-8-6-5-7-10(13)14/h5-9H,1-4H3. The van der Waals surface area contributed by atoms with Crippen LogP contribution in [0.25, 0.3) is 0 Å². The van der Waals surface area contributed by atoms with E-state index in [0.717, 1.165) is 0 Å². The normalized spacial score (nSPS) is 13.2. The van der Waals surface area contributed by atoms with Crippen molar-refractivity contribution in [3.63, 3.8) is 0 Å². The van der Waals surface area contributed by atoms with E-state index in [1.54, 1.807) is 46.0 Å². The van der Waals surface area contributed by atoms with Gasteiger partial charge in [-0.1, -0.05) is 6.07 Å². The van der Waals surface area contributed by atoms with Crippen LogP contribution in [0.1, 0.15) is 33.7 Å². The molecule has 0 radical (unpaired) electrons. The highest BCUT2D eigenvalue weighted by Crippen LogP contribution is 2.13. The van der Waals surface area contributed by atoms with E-state index in [2.05, 4.69) is 0 Å². The van der Waals surface area contributed by atoms with Crippen LogP contribution in [-0.4, -0.2) is 16.1 Å². The van der Waals surface area contributed by atoms with E-state index in [1.165, 1.54) is 10.6 Å². The van der Waals surface area contributed by atoms with Gasteiger partial charge in [0.05, 0.1) is 0 Å². The van der Waals surface area contributed by atoms with Crippen LogP contribution >= 0.6 is 0 Å². The van der Waals surface area contributed by atoms with E-state index in [0.29, 0.717) is 0 Å². The number of pyridine rings is 1. The molecule has 0 amide bonds. The quantitative estimate of drug-likeness (QED) is 0.718. The van der Waals surface area contributed by atoms with Crippen LogP contribution in [-0.2, 0) is 9.53 Å². The summed E-state index contributed by atoms with van der Waals surface area (Å²) < 4.78 is 6.57. The Labute approximate surface area is 94.9 Å². The lowest BCUT2D eigenvalue weighted by molar-refractivity contribution is -0.158. The second-order valence-electron chi connectivity index (χ2n) is 4.66. The van der Waals surface area contributed by atoms with Crippen LogP contribution in [0.15, 0.2) is 29.2 Å². The molecule has 0 aliphatic carbocycles. The van der Waals surface area contributed by atoms with Gasteiger partial charge in [-0.2, -0.15) is 0 Å². The smallest absolute Gasteiger partial charge is 0.329 e. The molecule has 0 aromatic carbocycles. The van der Waals surface area contributed by atoms with Crippen molar-refractivity contribution in [1.82, 2.24) is 4.57 Å². The molecule has 1 rings (SSSR count). The highest BCUT2D eigenvalue weighted by Gasteiger charge is 2.22. The maximum absolute atomic E-state index is 11.7. The van der Waals surface area contributed by atoms with Gasteiger partial charge in [0.2, 0.25) is 0 Å². The van der Waals surface area contributed by atoms with Crippen molar-refractivity contribution in [2.75, 3.05) is 0 Å². The molecule has 1 atom stereocenters. The van der Waals surface area contributed by atoms with Gasteiger partial charge in [-0.25, -0.2) is 4.79 Å². The lowest BCUT2D eigenvalue weighted by atomic mass is 10.2. The molecular formula is C12H17NO3. The molecule has 0 saturated carbocycles. The Morgan fingerprint density at radius 1 is 1.38 bits per heavy atom. The maximum Gasteiger partial charge on any atom is 0.329 e. The van der Waals surface area contributed by atoms with Crippen molar-refractivity contribution in [2.24, 2.45) is 0 Å². The Kier molecular flexibility index (Phi) is 3.52. The zero-order chi connectivity index (χ0) is 12.3. The Morgan fingerprint density at radius 3 is 2.50 bits per heavy atom. The summed E-state index contributed by atoms with van der Waals surface area (Å²) in [5.41, 5.74) is -0.746. The third-order valence-electron chi connectivity index (χ3n) is 2.02. The van der Waals surface area contributed by atoms with Crippen LogP contribution in [0.4, 0.5) is 0 Å². The van der Waals surface area contributed by atoms with Crippen molar-refractivity contribution in [3.8, 4) is 0 Å². The van der Waals surface area contributed by atoms with Crippen molar-refractivity contribution in [3.05, 3.63) is 34.7 Å². The first kappa shape index (κ1) is 12.5. The largest absolute Gasteiger partial charge is 0.458 e. The highest BCUT2D eigenvalue weighted by atomic mass is 16.6. The molecule has 88 valence electrons. The molecule has 0 saturated heterocycles. The number of hydrogen-bond acceptors (Lipinski definition) is 3. The van der Waals surface area contributed by atoms with E-state index in [1.807, 2.05) is 0 Å². The summed E-state index contributed by atoms with van der Waals surface area (Å²) in [7, 11) is 0. The summed E-state index contributed by atoms with van der Waals surface area (Å²) in [5, 5.41) is 0. The number of hydrogen-bond donors (Lipinski definition) is 0. The third-order valence-corrected chi connectivity index (χ3v) is 2.02. The molecule has 0 bridgehead atoms. The second-order valence-corrected chi connectivity index (χ2v) is 4.66. The number of nitrogens with zero attached hydrogens (tertiary/aromatic N) is 1. The van der Waals surface area contributed by atoms with E-state index in [9.17, 15) is 9.59 Å². The average Bonchev–Trinajstić information content (AvgIpc) is 2.15. The molecule has 1 aromatic rings. The molecule has 1 unspecified atom stereocenters. The minimum absolute atomic E-state index is 0.208. The van der Waals surface area contributed by atoms with Gasteiger partial charge in [0.25, 0.3) is 5.56 Å². The van der Waals surface area contributed by atoms with Crippen LogP contribution in [0.2, 0.25) is 0 Å². The number of esters is 1. The number of rotatable bonds is 2. The average molecular weight is 223 g/mol. The summed E-state index contributed by atoms with van der Waals surface area (Å²) in [6, 6.07) is 4.16. The predicted octanol–water partition coefficient (Wildman–Crippen LogP) is 1.75. The first-order chi connectivity index (χ1) is 7.31. The van der Waals surface area contributed by atoms with Crippen LogP contribution in [0.3, 0.4) is 0 Å². The minimum Gasteiger partial charge on any atom is -0.458 e. The SMILES string of the molecule is CC(C(=O)OC(C)(C)C)n1ccccc1=O. The summed E-state index contributed by atoms with van der Waals surface area (Å²) in [5.74, 6) is -0.402. The fourth-order valence-electron chi connectivity index (χ4n) is 1.26. The van der Waals surface area contributed by atoms with Gasteiger partial charge < -0.3 is 9.30 Å². The molecule has 1 aromatic heterocycles. The number of ether oxygens (including phenoxy) is 1. The Morgan fingerprint density at radius 2 is 2.00 bits per heavy atom. The van der Waals surface area contributed by atoms with Gasteiger partial charge in [-0.15, -0.1) is 0 Å². The maximum atomic E-state index is 11.7. The molecule has 16 heavy (non-hydrogen) atoms. The first-order valence-electron chi connectivity index (χ1n) is 5.21.